The van der Waals surface area contributed by atoms with E-state index in [-0.39, 0.29) is 5.56 Å². The average molecular weight is 461 g/mol. The van der Waals surface area contributed by atoms with E-state index in [4.69, 9.17) is 4.42 Å². The second kappa shape index (κ2) is 8.87. The predicted octanol–water partition coefficient (Wildman–Crippen LogP) is 2.73. The molecule has 3 aromatic heterocycles. The summed E-state index contributed by atoms with van der Waals surface area (Å²) in [6.07, 6.45) is 0.568. The number of benzene rings is 2. The van der Waals surface area contributed by atoms with Crippen molar-refractivity contribution in [2.75, 3.05) is 0 Å². The second-order valence-electron chi connectivity index (χ2n) is 7.32. The zero-order chi connectivity index (χ0) is 22.8. The van der Waals surface area contributed by atoms with Gasteiger partial charge in [-0.15, -0.1) is 15.3 Å². The minimum Gasteiger partial charge on any atom is -0.424 e. The molecule has 0 saturated carbocycles. The lowest BCUT2D eigenvalue weighted by Crippen LogP contribution is -2.22. The molecule has 0 atom stereocenters. The van der Waals surface area contributed by atoms with Gasteiger partial charge in [-0.2, -0.15) is 4.68 Å². The van der Waals surface area contributed by atoms with Crippen LogP contribution >= 0.6 is 11.8 Å². The van der Waals surface area contributed by atoms with Crippen molar-refractivity contribution in [3.63, 3.8) is 0 Å². The van der Waals surface area contributed by atoms with Crippen molar-refractivity contribution in [3.8, 4) is 11.4 Å². The van der Waals surface area contributed by atoms with E-state index in [1.807, 2.05) is 74.6 Å². The first-order chi connectivity index (χ1) is 16.1. The third kappa shape index (κ3) is 4.10. The summed E-state index contributed by atoms with van der Waals surface area (Å²) in [4.78, 5) is 13.3. The topological polar surface area (TPSA) is 109 Å². The van der Waals surface area contributed by atoms with Gasteiger partial charge in [-0.25, -0.2) is 4.68 Å². The molecule has 10 nitrogen and oxygen atoms in total. The maximum atomic E-state index is 13.3. The number of aromatic nitrogens is 8. The molecule has 2 aromatic carbocycles. The fourth-order valence-corrected chi connectivity index (χ4v) is 4.24. The van der Waals surface area contributed by atoms with E-state index < -0.39 is 0 Å². The highest BCUT2D eigenvalue weighted by molar-refractivity contribution is 7.98. The Bertz CT molecular complexity index is 1440. The van der Waals surface area contributed by atoms with Crippen LogP contribution in [0.1, 0.15) is 23.0 Å². The molecule has 0 N–H and O–H groups in total. The van der Waals surface area contributed by atoms with Gasteiger partial charge in [0.1, 0.15) is 0 Å². The van der Waals surface area contributed by atoms with Gasteiger partial charge in [-0.1, -0.05) is 60.3 Å². The van der Waals surface area contributed by atoms with Gasteiger partial charge in [0.25, 0.3) is 5.56 Å². The summed E-state index contributed by atoms with van der Waals surface area (Å²) in [6.45, 7) is 1.86. The molecule has 5 aromatic rings. The maximum Gasteiger partial charge on any atom is 0.297 e. The molecule has 33 heavy (non-hydrogen) atoms. The Morgan fingerprint density at radius 2 is 1.64 bits per heavy atom. The summed E-state index contributed by atoms with van der Waals surface area (Å²) >= 11 is 1.32. The summed E-state index contributed by atoms with van der Waals surface area (Å²) in [7, 11) is 1.83. The Labute approximate surface area is 192 Å². The van der Waals surface area contributed by atoms with E-state index >= 15 is 0 Å². The van der Waals surface area contributed by atoms with E-state index in [9.17, 15) is 4.79 Å². The minimum atomic E-state index is -0.210. The Kier molecular flexibility index (Phi) is 5.61. The van der Waals surface area contributed by atoms with Crippen molar-refractivity contribution in [2.45, 2.75) is 24.3 Å². The number of rotatable bonds is 7. The van der Waals surface area contributed by atoms with Gasteiger partial charge in [0.2, 0.25) is 16.9 Å². The van der Waals surface area contributed by atoms with Crippen molar-refractivity contribution in [2.24, 2.45) is 7.05 Å². The van der Waals surface area contributed by atoms with Crippen LogP contribution in [-0.2, 0) is 19.2 Å². The standard InChI is InChI=1S/C22H20N8O2S/c1-15-20(21(31)30(28(15)2)17-11-7-4-8-12-17)29-22(25-26-27-29)33-14-19-24-23-18(32-19)13-16-9-5-3-6-10-16/h3-12H,13-14H2,1-2H3. The third-order valence-corrected chi connectivity index (χ3v) is 6.11. The lowest BCUT2D eigenvalue weighted by Gasteiger charge is -2.07. The molecule has 0 aliphatic heterocycles. The van der Waals surface area contributed by atoms with Crippen LogP contribution in [0.25, 0.3) is 11.4 Å². The SMILES string of the molecule is Cc1c(-n2nnnc2SCc2nnc(Cc3ccccc3)o2)c(=O)n(-c2ccccc2)n1C. The first-order valence-corrected chi connectivity index (χ1v) is 11.2. The average Bonchev–Trinajstić information content (AvgIpc) is 3.53. The first kappa shape index (κ1) is 20.9. The van der Waals surface area contributed by atoms with Gasteiger partial charge in [0.05, 0.1) is 23.6 Å². The lowest BCUT2D eigenvalue weighted by atomic mass is 10.2. The number of para-hydroxylation sites is 1. The monoisotopic (exact) mass is 460 g/mol. The molecular weight excluding hydrogens is 440 g/mol. The number of nitrogens with zero attached hydrogens (tertiary/aromatic N) is 8. The van der Waals surface area contributed by atoms with Gasteiger partial charge in [-0.3, -0.25) is 9.48 Å². The largest absolute Gasteiger partial charge is 0.424 e. The Morgan fingerprint density at radius 3 is 2.39 bits per heavy atom. The highest BCUT2D eigenvalue weighted by atomic mass is 32.2. The molecule has 0 spiro atoms. The van der Waals surface area contributed by atoms with Gasteiger partial charge in [0.15, 0.2) is 5.69 Å². The third-order valence-electron chi connectivity index (χ3n) is 5.21. The van der Waals surface area contributed by atoms with Crippen molar-refractivity contribution in [3.05, 3.63) is 94.1 Å². The van der Waals surface area contributed by atoms with E-state index in [0.29, 0.717) is 34.8 Å². The van der Waals surface area contributed by atoms with E-state index in [1.165, 1.54) is 16.4 Å². The van der Waals surface area contributed by atoms with Crippen molar-refractivity contribution >= 4 is 11.8 Å². The number of hydrogen-bond acceptors (Lipinski definition) is 8. The fraction of sp³-hybridized carbons (Fsp3) is 0.182. The summed E-state index contributed by atoms with van der Waals surface area (Å²) in [6, 6.07) is 19.4. The first-order valence-electron chi connectivity index (χ1n) is 10.2. The van der Waals surface area contributed by atoms with Gasteiger partial charge in [0, 0.05) is 7.05 Å². The molecule has 5 rings (SSSR count). The van der Waals surface area contributed by atoms with E-state index in [0.717, 1.165) is 16.9 Å². The summed E-state index contributed by atoms with van der Waals surface area (Å²) in [5.41, 5.74) is 2.78. The van der Waals surface area contributed by atoms with Crippen LogP contribution < -0.4 is 5.56 Å². The number of hydrogen-bond donors (Lipinski definition) is 0. The van der Waals surface area contributed by atoms with Crippen LogP contribution in [0.3, 0.4) is 0 Å². The molecule has 0 saturated heterocycles. The maximum absolute atomic E-state index is 13.3. The van der Waals surface area contributed by atoms with Crippen LogP contribution in [0.5, 0.6) is 0 Å². The number of thioether (sulfide) groups is 1. The molecule has 166 valence electrons. The molecule has 0 unspecified atom stereocenters. The normalized spacial score (nSPS) is 11.2. The minimum absolute atomic E-state index is 0.210. The Morgan fingerprint density at radius 1 is 0.939 bits per heavy atom. The molecule has 0 aliphatic rings. The van der Waals surface area contributed by atoms with Crippen molar-refractivity contribution in [1.29, 1.82) is 0 Å². The quantitative estimate of drug-likeness (QED) is 0.341. The van der Waals surface area contributed by atoms with Gasteiger partial charge >= 0.3 is 0 Å². The summed E-state index contributed by atoms with van der Waals surface area (Å²) < 4.78 is 10.6. The second-order valence-corrected chi connectivity index (χ2v) is 8.27. The van der Waals surface area contributed by atoms with E-state index in [1.54, 1.807) is 9.36 Å². The Balaban J connectivity index is 1.38. The molecule has 0 amide bonds. The molecule has 0 bridgehead atoms. The van der Waals surface area contributed by atoms with Crippen LogP contribution in [0, 0.1) is 6.92 Å². The van der Waals surface area contributed by atoms with Crippen molar-refractivity contribution in [1.82, 2.24) is 39.8 Å². The van der Waals surface area contributed by atoms with E-state index in [2.05, 4.69) is 25.7 Å². The van der Waals surface area contributed by atoms with Gasteiger partial charge < -0.3 is 4.42 Å². The fourth-order valence-electron chi connectivity index (χ4n) is 3.52. The highest BCUT2D eigenvalue weighted by Crippen LogP contribution is 2.23. The van der Waals surface area contributed by atoms with Crippen LogP contribution in [-0.4, -0.2) is 39.8 Å². The predicted molar refractivity (Wildman–Crippen MR) is 122 cm³/mol. The zero-order valence-electron chi connectivity index (χ0n) is 18.0. The molecule has 0 aliphatic carbocycles. The molecule has 3 heterocycles. The van der Waals surface area contributed by atoms with Gasteiger partial charge in [-0.05, 0) is 35.0 Å². The molecule has 11 heteroatoms. The summed E-state index contributed by atoms with van der Waals surface area (Å²) in [5, 5.41) is 20.7. The highest BCUT2D eigenvalue weighted by Gasteiger charge is 2.22. The molecule has 0 radical (unpaired) electrons. The molecular formula is C22H20N8O2S. The Hall–Kier alpha value is -3.99. The van der Waals surface area contributed by atoms with Crippen LogP contribution in [0.2, 0.25) is 0 Å². The summed E-state index contributed by atoms with van der Waals surface area (Å²) in [5.74, 6) is 1.38. The lowest BCUT2D eigenvalue weighted by molar-refractivity contribution is 0.474. The smallest absolute Gasteiger partial charge is 0.297 e. The van der Waals surface area contributed by atoms with Crippen LogP contribution in [0.15, 0.2) is 75.0 Å². The zero-order valence-corrected chi connectivity index (χ0v) is 18.8. The molecule has 0 fully saturated rings. The van der Waals surface area contributed by atoms with Crippen LogP contribution in [0.4, 0.5) is 0 Å². The number of tetrazole rings is 1. The van der Waals surface area contributed by atoms with Crippen molar-refractivity contribution < 1.29 is 4.42 Å².